The zero-order valence-electron chi connectivity index (χ0n) is 19.5. The molecule has 1 aliphatic carbocycles. The van der Waals surface area contributed by atoms with Gasteiger partial charge in [0, 0.05) is 23.6 Å². The molecule has 174 valence electrons. The Bertz CT molecular complexity index is 1240. The Hall–Kier alpha value is -3.93. The highest BCUT2D eigenvalue weighted by atomic mass is 16.5. The molecule has 1 heterocycles. The summed E-state index contributed by atoms with van der Waals surface area (Å²) in [6, 6.07) is 21.4. The number of Topliss-reactive ketones (excluding diaryl/α,β-unsaturated/α-hetero) is 1. The van der Waals surface area contributed by atoms with Crippen LogP contribution in [0.5, 0.6) is 17.2 Å². The lowest BCUT2D eigenvalue weighted by atomic mass is 9.76. The number of ketones is 1. The van der Waals surface area contributed by atoms with E-state index in [9.17, 15) is 4.79 Å². The number of methoxy groups -OCH3 is 3. The van der Waals surface area contributed by atoms with Gasteiger partial charge in [-0.1, -0.05) is 42.5 Å². The van der Waals surface area contributed by atoms with Crippen LogP contribution in [0.15, 0.2) is 78.5 Å². The van der Waals surface area contributed by atoms with Gasteiger partial charge in [0.2, 0.25) is 0 Å². The fourth-order valence-electron chi connectivity index (χ4n) is 4.99. The van der Waals surface area contributed by atoms with E-state index in [1.165, 1.54) is 0 Å². The van der Waals surface area contributed by atoms with Crippen LogP contribution in [0, 0.1) is 5.92 Å². The van der Waals surface area contributed by atoms with Gasteiger partial charge in [-0.25, -0.2) is 0 Å². The van der Waals surface area contributed by atoms with E-state index >= 15 is 0 Å². The summed E-state index contributed by atoms with van der Waals surface area (Å²) in [5.74, 6) is 1.81. The van der Waals surface area contributed by atoms with Crippen molar-refractivity contribution in [3.05, 3.63) is 89.6 Å². The molecule has 0 saturated heterocycles. The van der Waals surface area contributed by atoms with Crippen molar-refractivity contribution >= 4 is 17.2 Å². The van der Waals surface area contributed by atoms with Crippen molar-refractivity contribution in [3.63, 3.8) is 0 Å². The van der Waals surface area contributed by atoms with Gasteiger partial charge in [0.1, 0.15) is 11.5 Å². The molecule has 0 amide bonds. The lowest BCUT2D eigenvalue weighted by Gasteiger charge is -2.33. The molecule has 0 bridgehead atoms. The van der Waals surface area contributed by atoms with Gasteiger partial charge in [-0.3, -0.25) is 4.79 Å². The van der Waals surface area contributed by atoms with Gasteiger partial charge in [-0.05, 0) is 35.9 Å². The van der Waals surface area contributed by atoms with Crippen LogP contribution in [0.4, 0.5) is 11.4 Å². The predicted octanol–water partition coefficient (Wildman–Crippen LogP) is 5.55. The van der Waals surface area contributed by atoms with Crippen LogP contribution in [-0.2, 0) is 4.79 Å². The normalized spacial score (nSPS) is 21.1. The number of fused-ring (bicyclic) bond motifs is 2. The highest BCUT2D eigenvalue weighted by Gasteiger charge is 2.41. The van der Waals surface area contributed by atoms with Gasteiger partial charge in [-0.15, -0.1) is 0 Å². The number of ether oxygens (including phenoxy) is 3. The highest BCUT2D eigenvalue weighted by molar-refractivity contribution is 5.90. The van der Waals surface area contributed by atoms with E-state index in [0.717, 1.165) is 33.9 Å². The van der Waals surface area contributed by atoms with Gasteiger partial charge in [-0.2, -0.15) is 0 Å². The summed E-state index contributed by atoms with van der Waals surface area (Å²) in [7, 11) is 4.90. The molecule has 0 fully saturated rings. The molecule has 2 N–H and O–H groups in total. The minimum absolute atomic E-state index is 0.0183. The van der Waals surface area contributed by atoms with E-state index < -0.39 is 5.92 Å². The number of carbonyl (C=O) groups excluding carboxylic acids is 1. The van der Waals surface area contributed by atoms with Crippen LogP contribution >= 0.6 is 0 Å². The number of para-hydroxylation sites is 3. The molecule has 3 aromatic carbocycles. The Morgan fingerprint density at radius 2 is 1.59 bits per heavy atom. The highest BCUT2D eigenvalue weighted by Crippen LogP contribution is 2.47. The molecule has 6 heteroatoms. The first-order valence-electron chi connectivity index (χ1n) is 11.3. The number of hydrogen-bond acceptors (Lipinski definition) is 6. The number of carbonyl (C=O) groups is 1. The van der Waals surface area contributed by atoms with Crippen molar-refractivity contribution in [3.8, 4) is 17.2 Å². The minimum Gasteiger partial charge on any atom is -0.497 e. The average Bonchev–Trinajstić information content (AvgIpc) is 3.05. The molecule has 0 aromatic heterocycles. The summed E-state index contributed by atoms with van der Waals surface area (Å²) in [4.78, 5) is 13.8. The molecule has 6 nitrogen and oxygen atoms in total. The SMILES string of the molecule is COc1ccc([C@@H]2C=C3Nc4ccccc4N[C@@H](c4cccc(OC)c4OC)[C@@H]3C(=O)C2)cc1. The fourth-order valence-corrected chi connectivity index (χ4v) is 4.99. The van der Waals surface area contributed by atoms with E-state index in [4.69, 9.17) is 14.2 Å². The number of rotatable bonds is 5. The molecule has 2 aliphatic rings. The second-order valence-electron chi connectivity index (χ2n) is 8.53. The number of anilines is 2. The Morgan fingerprint density at radius 3 is 2.29 bits per heavy atom. The van der Waals surface area contributed by atoms with E-state index in [-0.39, 0.29) is 17.7 Å². The van der Waals surface area contributed by atoms with Crippen molar-refractivity contribution in [1.82, 2.24) is 0 Å². The number of hydrogen-bond donors (Lipinski definition) is 2. The zero-order chi connectivity index (χ0) is 23.7. The molecule has 1 aliphatic heterocycles. The maximum Gasteiger partial charge on any atom is 0.166 e. The van der Waals surface area contributed by atoms with Gasteiger partial charge >= 0.3 is 0 Å². The molecule has 0 radical (unpaired) electrons. The number of allylic oxidation sites excluding steroid dienone is 1. The topological polar surface area (TPSA) is 68.8 Å². The minimum atomic E-state index is -0.400. The van der Waals surface area contributed by atoms with Crippen molar-refractivity contribution < 1.29 is 19.0 Å². The van der Waals surface area contributed by atoms with Gasteiger partial charge < -0.3 is 24.8 Å². The van der Waals surface area contributed by atoms with Crippen LogP contribution in [0.2, 0.25) is 0 Å². The standard InChI is InChI=1S/C28H28N2O4/c1-32-19-13-11-17(12-14-19)18-15-23-26(24(31)16-18)27(30-22-9-5-4-8-21(22)29-23)20-7-6-10-25(33-2)28(20)34-3/h4-15,18,26-27,29-30H,16H2,1-3H3/t18-,26+,27+/m1/s1. The lowest BCUT2D eigenvalue weighted by Crippen LogP contribution is -2.34. The third-order valence-corrected chi connectivity index (χ3v) is 6.65. The van der Waals surface area contributed by atoms with E-state index in [1.54, 1.807) is 21.3 Å². The van der Waals surface area contributed by atoms with Crippen molar-refractivity contribution in [2.75, 3.05) is 32.0 Å². The van der Waals surface area contributed by atoms with Crippen molar-refractivity contribution in [2.24, 2.45) is 5.92 Å². The average molecular weight is 457 g/mol. The maximum atomic E-state index is 13.8. The largest absolute Gasteiger partial charge is 0.497 e. The smallest absolute Gasteiger partial charge is 0.166 e. The van der Waals surface area contributed by atoms with Crippen LogP contribution in [0.1, 0.15) is 29.5 Å². The van der Waals surface area contributed by atoms with Crippen molar-refractivity contribution in [2.45, 2.75) is 18.4 Å². The number of benzene rings is 3. The maximum absolute atomic E-state index is 13.8. The summed E-state index contributed by atoms with van der Waals surface area (Å²) in [5, 5.41) is 7.19. The van der Waals surface area contributed by atoms with Crippen LogP contribution in [0.3, 0.4) is 0 Å². The van der Waals surface area contributed by atoms with Crippen molar-refractivity contribution in [1.29, 1.82) is 0 Å². The van der Waals surface area contributed by atoms with Crippen LogP contribution in [-0.4, -0.2) is 27.1 Å². The monoisotopic (exact) mass is 456 g/mol. The molecule has 34 heavy (non-hydrogen) atoms. The first kappa shape index (κ1) is 21.9. The molecule has 5 rings (SSSR count). The molecular formula is C28H28N2O4. The first-order valence-corrected chi connectivity index (χ1v) is 11.3. The Kier molecular flexibility index (Phi) is 5.88. The molecule has 0 spiro atoms. The van der Waals surface area contributed by atoms with E-state index in [0.29, 0.717) is 17.9 Å². The molecule has 0 unspecified atom stereocenters. The second kappa shape index (κ2) is 9.14. The van der Waals surface area contributed by atoms with Gasteiger partial charge in [0.15, 0.2) is 11.5 Å². The molecule has 0 saturated carbocycles. The zero-order valence-corrected chi connectivity index (χ0v) is 19.5. The Morgan fingerprint density at radius 1 is 0.824 bits per heavy atom. The summed E-state index contributed by atoms with van der Waals surface area (Å²) in [6.07, 6.45) is 2.61. The third kappa shape index (κ3) is 3.85. The third-order valence-electron chi connectivity index (χ3n) is 6.65. The van der Waals surface area contributed by atoms with Crippen LogP contribution < -0.4 is 24.8 Å². The Labute approximate surface area is 199 Å². The fraction of sp³-hybridized carbons (Fsp3) is 0.250. The number of nitrogens with one attached hydrogen (secondary N) is 2. The van der Waals surface area contributed by atoms with E-state index in [1.807, 2.05) is 66.7 Å². The molecular weight excluding hydrogens is 428 g/mol. The van der Waals surface area contributed by atoms with E-state index in [2.05, 4.69) is 16.7 Å². The Balaban J connectivity index is 1.63. The second-order valence-corrected chi connectivity index (χ2v) is 8.53. The summed E-state index contributed by atoms with van der Waals surface area (Å²) in [6.45, 7) is 0. The summed E-state index contributed by atoms with van der Waals surface area (Å²) in [5.41, 5.74) is 4.73. The summed E-state index contributed by atoms with van der Waals surface area (Å²) < 4.78 is 16.6. The summed E-state index contributed by atoms with van der Waals surface area (Å²) >= 11 is 0. The quantitative estimate of drug-likeness (QED) is 0.525. The predicted molar refractivity (Wildman–Crippen MR) is 133 cm³/mol. The van der Waals surface area contributed by atoms with Gasteiger partial charge in [0.25, 0.3) is 0 Å². The van der Waals surface area contributed by atoms with Gasteiger partial charge in [0.05, 0.1) is 44.7 Å². The molecule has 3 atom stereocenters. The lowest BCUT2D eigenvalue weighted by molar-refractivity contribution is -0.122. The first-order chi connectivity index (χ1) is 16.6. The van der Waals surface area contributed by atoms with Crippen LogP contribution in [0.25, 0.3) is 0 Å². The molecule has 3 aromatic rings.